The van der Waals surface area contributed by atoms with Crippen LogP contribution in [-0.4, -0.2) is 28.0 Å². The Morgan fingerprint density at radius 1 is 1.47 bits per heavy atom. The molecule has 1 heterocycles. The van der Waals surface area contributed by atoms with E-state index < -0.39 is 0 Å². The van der Waals surface area contributed by atoms with Crippen molar-refractivity contribution in [2.45, 2.75) is 24.4 Å². The predicted octanol–water partition coefficient (Wildman–Crippen LogP) is 1.13. The maximum Gasteiger partial charge on any atom is 0.155 e. The molecule has 0 unspecified atom stereocenters. The van der Waals surface area contributed by atoms with Gasteiger partial charge in [-0.25, -0.2) is 0 Å². The standard InChI is InChI=1S/C9H11Cl2N3O/c10-7-1-6(8(11)14-13-7)9(4-12)2-5(15)3-9/h1,5,15H,2-4,12H2. The van der Waals surface area contributed by atoms with E-state index in [-0.39, 0.29) is 11.5 Å². The van der Waals surface area contributed by atoms with E-state index in [1.165, 1.54) is 0 Å². The molecule has 1 saturated carbocycles. The van der Waals surface area contributed by atoms with Gasteiger partial charge in [0.05, 0.1) is 6.10 Å². The van der Waals surface area contributed by atoms with Crippen LogP contribution < -0.4 is 5.73 Å². The molecule has 15 heavy (non-hydrogen) atoms. The predicted molar refractivity (Wildman–Crippen MR) is 58.0 cm³/mol. The Labute approximate surface area is 97.4 Å². The largest absolute Gasteiger partial charge is 0.393 e. The van der Waals surface area contributed by atoms with Gasteiger partial charge in [0.2, 0.25) is 0 Å². The second kappa shape index (κ2) is 3.87. The van der Waals surface area contributed by atoms with E-state index in [2.05, 4.69) is 10.2 Å². The van der Waals surface area contributed by atoms with Crippen molar-refractivity contribution in [3.05, 3.63) is 21.9 Å². The van der Waals surface area contributed by atoms with Crippen molar-refractivity contribution >= 4 is 23.2 Å². The molecule has 4 nitrogen and oxygen atoms in total. The van der Waals surface area contributed by atoms with Crippen LogP contribution in [0.1, 0.15) is 18.4 Å². The molecule has 1 aromatic rings. The molecule has 2 rings (SSSR count). The van der Waals surface area contributed by atoms with Gasteiger partial charge in [0.15, 0.2) is 10.3 Å². The highest BCUT2D eigenvalue weighted by Gasteiger charge is 2.45. The van der Waals surface area contributed by atoms with Gasteiger partial charge in [-0.3, -0.25) is 0 Å². The number of hydrogen-bond donors (Lipinski definition) is 2. The van der Waals surface area contributed by atoms with Crippen LogP contribution in [0.15, 0.2) is 6.07 Å². The molecule has 1 aliphatic carbocycles. The van der Waals surface area contributed by atoms with E-state index in [0.29, 0.717) is 29.7 Å². The van der Waals surface area contributed by atoms with Crippen LogP contribution in [0, 0.1) is 0 Å². The summed E-state index contributed by atoms with van der Waals surface area (Å²) in [4.78, 5) is 0. The molecule has 0 spiro atoms. The van der Waals surface area contributed by atoms with Crippen LogP contribution in [0.3, 0.4) is 0 Å². The molecule has 6 heteroatoms. The minimum absolute atomic E-state index is 0.282. The fraction of sp³-hybridized carbons (Fsp3) is 0.556. The van der Waals surface area contributed by atoms with Gasteiger partial charge >= 0.3 is 0 Å². The summed E-state index contributed by atoms with van der Waals surface area (Å²) >= 11 is 11.7. The van der Waals surface area contributed by atoms with E-state index in [4.69, 9.17) is 28.9 Å². The maximum absolute atomic E-state index is 9.37. The minimum atomic E-state index is -0.309. The molecule has 0 radical (unpaired) electrons. The van der Waals surface area contributed by atoms with Crippen LogP contribution in [0.4, 0.5) is 0 Å². The highest BCUT2D eigenvalue weighted by molar-refractivity contribution is 6.31. The summed E-state index contributed by atoms with van der Waals surface area (Å²) in [5.41, 5.74) is 6.23. The topological polar surface area (TPSA) is 72.0 Å². The molecule has 0 atom stereocenters. The molecule has 0 aromatic carbocycles. The van der Waals surface area contributed by atoms with E-state index in [9.17, 15) is 5.11 Å². The Morgan fingerprint density at radius 2 is 2.13 bits per heavy atom. The summed E-state index contributed by atoms with van der Waals surface area (Å²) in [6.45, 7) is 0.422. The quantitative estimate of drug-likeness (QED) is 0.823. The Balaban J connectivity index is 2.39. The molecular weight excluding hydrogens is 237 g/mol. The van der Waals surface area contributed by atoms with Crippen LogP contribution in [0.2, 0.25) is 10.3 Å². The SMILES string of the molecule is NCC1(c2cc(Cl)nnc2Cl)CC(O)C1. The number of rotatable bonds is 2. The van der Waals surface area contributed by atoms with Gasteiger partial charge in [-0.1, -0.05) is 23.2 Å². The monoisotopic (exact) mass is 247 g/mol. The molecule has 0 amide bonds. The zero-order valence-electron chi connectivity index (χ0n) is 7.95. The van der Waals surface area contributed by atoms with Crippen LogP contribution in [0.5, 0.6) is 0 Å². The van der Waals surface area contributed by atoms with Gasteiger partial charge in [-0.2, -0.15) is 0 Å². The summed E-state index contributed by atoms with van der Waals surface area (Å²) in [6, 6.07) is 1.68. The van der Waals surface area contributed by atoms with Gasteiger partial charge in [0.1, 0.15) is 0 Å². The first-order chi connectivity index (χ1) is 7.07. The van der Waals surface area contributed by atoms with Crippen molar-refractivity contribution in [1.29, 1.82) is 0 Å². The van der Waals surface area contributed by atoms with Crippen molar-refractivity contribution in [1.82, 2.24) is 10.2 Å². The summed E-state index contributed by atoms with van der Waals surface area (Å²) in [5.74, 6) is 0. The molecule has 1 fully saturated rings. The van der Waals surface area contributed by atoms with Crippen LogP contribution in [0.25, 0.3) is 0 Å². The Hall–Kier alpha value is -0.420. The first kappa shape index (κ1) is 11.1. The maximum atomic E-state index is 9.37. The van der Waals surface area contributed by atoms with Crippen molar-refractivity contribution in [3.63, 3.8) is 0 Å². The highest BCUT2D eigenvalue weighted by Crippen LogP contribution is 2.45. The lowest BCUT2D eigenvalue weighted by atomic mass is 9.63. The fourth-order valence-electron chi connectivity index (χ4n) is 2.06. The second-order valence-electron chi connectivity index (χ2n) is 3.92. The lowest BCUT2D eigenvalue weighted by Crippen LogP contribution is -2.50. The molecule has 0 bridgehead atoms. The summed E-state index contributed by atoms with van der Waals surface area (Å²) in [6.07, 6.45) is 0.896. The van der Waals surface area contributed by atoms with Gasteiger partial charge in [0, 0.05) is 17.5 Å². The smallest absolute Gasteiger partial charge is 0.155 e. The van der Waals surface area contributed by atoms with Gasteiger partial charge in [-0.15, -0.1) is 10.2 Å². The number of hydrogen-bond acceptors (Lipinski definition) is 4. The number of nitrogens with two attached hydrogens (primary N) is 1. The molecular formula is C9H11Cl2N3O. The second-order valence-corrected chi connectivity index (χ2v) is 4.66. The van der Waals surface area contributed by atoms with Crippen molar-refractivity contribution in [3.8, 4) is 0 Å². The van der Waals surface area contributed by atoms with Gasteiger partial charge in [-0.05, 0) is 18.9 Å². The molecule has 0 saturated heterocycles. The number of aromatic nitrogens is 2. The number of aliphatic hydroxyl groups excluding tert-OH is 1. The first-order valence-electron chi connectivity index (χ1n) is 4.65. The fourth-order valence-corrected chi connectivity index (χ4v) is 2.50. The van der Waals surface area contributed by atoms with E-state index >= 15 is 0 Å². The minimum Gasteiger partial charge on any atom is -0.393 e. The lowest BCUT2D eigenvalue weighted by Gasteiger charge is -2.45. The van der Waals surface area contributed by atoms with Crippen molar-refractivity contribution < 1.29 is 5.11 Å². The first-order valence-corrected chi connectivity index (χ1v) is 5.40. The van der Waals surface area contributed by atoms with Crippen molar-refractivity contribution in [2.24, 2.45) is 5.73 Å². The summed E-state index contributed by atoms with van der Waals surface area (Å²) < 4.78 is 0. The average Bonchev–Trinajstić information content (AvgIpc) is 2.17. The average molecular weight is 248 g/mol. The number of aliphatic hydroxyl groups is 1. The van der Waals surface area contributed by atoms with E-state index in [1.807, 2.05) is 0 Å². The van der Waals surface area contributed by atoms with Gasteiger partial charge in [0.25, 0.3) is 0 Å². The van der Waals surface area contributed by atoms with E-state index in [0.717, 1.165) is 5.56 Å². The van der Waals surface area contributed by atoms with Crippen LogP contribution >= 0.6 is 23.2 Å². The molecule has 0 aliphatic heterocycles. The molecule has 1 aliphatic rings. The third-order valence-corrected chi connectivity index (χ3v) is 3.40. The third-order valence-electron chi connectivity index (χ3n) is 2.93. The highest BCUT2D eigenvalue weighted by atomic mass is 35.5. The number of halogens is 2. The van der Waals surface area contributed by atoms with Crippen LogP contribution in [-0.2, 0) is 5.41 Å². The zero-order valence-corrected chi connectivity index (χ0v) is 9.46. The zero-order chi connectivity index (χ0) is 11.1. The molecule has 3 N–H and O–H groups in total. The number of nitrogens with zero attached hydrogens (tertiary/aromatic N) is 2. The molecule has 82 valence electrons. The van der Waals surface area contributed by atoms with E-state index in [1.54, 1.807) is 6.07 Å². The Morgan fingerprint density at radius 3 is 2.67 bits per heavy atom. The Kier molecular flexibility index (Phi) is 2.85. The normalized spacial score (nSPS) is 30.0. The summed E-state index contributed by atoms with van der Waals surface area (Å²) in [5, 5.41) is 17.4. The molecule has 1 aromatic heterocycles. The van der Waals surface area contributed by atoms with Gasteiger partial charge < -0.3 is 10.8 Å². The summed E-state index contributed by atoms with van der Waals surface area (Å²) in [7, 11) is 0. The lowest BCUT2D eigenvalue weighted by molar-refractivity contribution is 0.0220. The third kappa shape index (κ3) is 1.83. The van der Waals surface area contributed by atoms with Crippen molar-refractivity contribution in [2.75, 3.05) is 6.54 Å². The Bertz CT molecular complexity index is 380.